The summed E-state index contributed by atoms with van der Waals surface area (Å²) in [7, 11) is 0. The molecule has 4 aromatic heterocycles. The predicted octanol–water partition coefficient (Wildman–Crippen LogP) is 15.5. The van der Waals surface area contributed by atoms with Gasteiger partial charge in [0.15, 0.2) is 0 Å². The quantitative estimate of drug-likeness (QED) is 0.156. The molecule has 0 aliphatic carbocycles. The number of furan rings is 1. The number of benzene rings is 7. The van der Waals surface area contributed by atoms with Gasteiger partial charge in [0.2, 0.25) is 0 Å². The van der Waals surface area contributed by atoms with Crippen LogP contribution in [0.15, 0.2) is 162 Å². The van der Waals surface area contributed by atoms with Crippen molar-refractivity contribution in [1.29, 1.82) is 0 Å². The summed E-state index contributed by atoms with van der Waals surface area (Å²) in [4.78, 5) is 9.45. The first-order valence-corrected chi connectivity index (χ1v) is 21.2. The fourth-order valence-corrected chi connectivity index (χ4v) is 9.39. The van der Waals surface area contributed by atoms with E-state index in [1.54, 1.807) is 18.2 Å². The van der Waals surface area contributed by atoms with Gasteiger partial charge in [0.1, 0.15) is 5.58 Å². The third-order valence-corrected chi connectivity index (χ3v) is 12.3. The summed E-state index contributed by atoms with van der Waals surface area (Å²) in [5.74, 6) is 1.42. The Morgan fingerprint density at radius 2 is 1.41 bits per heavy atom. The van der Waals surface area contributed by atoms with Crippen molar-refractivity contribution in [2.45, 2.75) is 46.4 Å². The molecule has 0 saturated carbocycles. The van der Waals surface area contributed by atoms with E-state index in [2.05, 4.69) is 159 Å². The second-order valence-electron chi connectivity index (χ2n) is 15.8. The van der Waals surface area contributed by atoms with E-state index in [1.165, 1.54) is 54.3 Å². The summed E-state index contributed by atoms with van der Waals surface area (Å²) >= 11 is 1.83. The zero-order valence-corrected chi connectivity index (χ0v) is 37.4. The fourth-order valence-electron chi connectivity index (χ4n) is 8.27. The average Bonchev–Trinajstić information content (AvgIpc) is 3.99. The van der Waals surface area contributed by atoms with Crippen molar-refractivity contribution in [2.24, 2.45) is 0 Å². The van der Waals surface area contributed by atoms with Crippen LogP contribution in [0.5, 0.6) is 0 Å². The first-order valence-electron chi connectivity index (χ1n) is 21.9. The van der Waals surface area contributed by atoms with Crippen LogP contribution in [0.4, 0.5) is 0 Å². The van der Waals surface area contributed by atoms with Gasteiger partial charge in [-0.1, -0.05) is 111 Å². The molecular formula is C55H43IrN3OS-2. The van der Waals surface area contributed by atoms with E-state index in [0.29, 0.717) is 0 Å². The van der Waals surface area contributed by atoms with E-state index < -0.39 is 6.85 Å². The number of aromatic nitrogens is 3. The van der Waals surface area contributed by atoms with Gasteiger partial charge in [0, 0.05) is 61.7 Å². The van der Waals surface area contributed by atoms with Crippen molar-refractivity contribution in [3.8, 4) is 39.5 Å². The number of rotatable bonds is 6. The predicted molar refractivity (Wildman–Crippen MR) is 252 cm³/mol. The summed E-state index contributed by atoms with van der Waals surface area (Å²) in [5, 5.41) is 4.70. The molecule has 0 atom stereocenters. The van der Waals surface area contributed by atoms with Gasteiger partial charge in [-0.25, -0.2) is 0 Å². The molecule has 11 aromatic rings. The van der Waals surface area contributed by atoms with Crippen molar-refractivity contribution in [1.82, 2.24) is 14.5 Å². The summed E-state index contributed by atoms with van der Waals surface area (Å²) < 4.78 is 33.4. The first kappa shape index (κ1) is 36.7. The molecule has 301 valence electrons. The van der Waals surface area contributed by atoms with Gasteiger partial charge in [0.25, 0.3) is 0 Å². The van der Waals surface area contributed by atoms with Crippen molar-refractivity contribution < 1.29 is 28.6 Å². The van der Waals surface area contributed by atoms with E-state index in [4.69, 9.17) is 13.5 Å². The topological polar surface area (TPSA) is 43.9 Å². The molecule has 4 nitrogen and oxygen atoms in total. The molecule has 0 aliphatic heterocycles. The fraction of sp³-hybridized carbons (Fsp3) is 0.127. The Morgan fingerprint density at radius 3 is 2.15 bits per heavy atom. The molecule has 6 heteroatoms. The van der Waals surface area contributed by atoms with Gasteiger partial charge in [-0.15, -0.1) is 65.4 Å². The van der Waals surface area contributed by atoms with Crippen molar-refractivity contribution in [3.05, 3.63) is 187 Å². The second kappa shape index (κ2) is 16.7. The first-order chi connectivity index (χ1) is 30.5. The zero-order chi connectivity index (χ0) is 43.4. The molecule has 0 N–H and O–H groups in total. The summed E-state index contributed by atoms with van der Waals surface area (Å²) in [6.07, 6.45) is 1.39. The molecule has 11 rings (SSSR count). The van der Waals surface area contributed by atoms with Crippen LogP contribution >= 0.6 is 11.3 Å². The van der Waals surface area contributed by atoms with Gasteiger partial charge in [-0.05, 0) is 94.7 Å². The third kappa shape index (κ3) is 7.40. The molecule has 0 saturated heterocycles. The minimum Gasteiger partial charge on any atom is -0.501 e. The number of nitrogens with zero attached hydrogens (tertiary/aromatic N) is 3. The number of imidazole rings is 1. The van der Waals surface area contributed by atoms with Crippen LogP contribution in [-0.4, -0.2) is 14.5 Å². The summed E-state index contributed by atoms with van der Waals surface area (Å²) in [6.45, 7) is 7.07. The Labute approximate surface area is 378 Å². The van der Waals surface area contributed by atoms with Crippen molar-refractivity contribution >= 4 is 64.5 Å². The number of thiophene rings is 1. The minimum atomic E-state index is -2.09. The average molecular weight is 989 g/mol. The van der Waals surface area contributed by atoms with Gasteiger partial charge < -0.3 is 14.0 Å². The molecule has 0 unspecified atom stereocenters. The molecule has 0 bridgehead atoms. The molecule has 4 heterocycles. The molecule has 0 spiro atoms. The van der Waals surface area contributed by atoms with Crippen LogP contribution in [-0.2, 0) is 20.1 Å². The van der Waals surface area contributed by atoms with E-state index in [1.807, 2.05) is 35.6 Å². The molecule has 0 fully saturated rings. The second-order valence-corrected chi connectivity index (χ2v) is 16.9. The van der Waals surface area contributed by atoms with Crippen molar-refractivity contribution in [3.63, 3.8) is 0 Å². The van der Waals surface area contributed by atoms with E-state index >= 15 is 0 Å². The van der Waals surface area contributed by atoms with E-state index in [-0.39, 0.29) is 37.5 Å². The zero-order valence-electron chi connectivity index (χ0n) is 37.2. The largest absolute Gasteiger partial charge is 0.501 e. The van der Waals surface area contributed by atoms with E-state index in [9.17, 15) is 0 Å². The molecule has 0 aliphatic rings. The van der Waals surface area contributed by atoms with Crippen LogP contribution in [0, 0.1) is 19.0 Å². The van der Waals surface area contributed by atoms with Gasteiger partial charge in [-0.2, -0.15) is 0 Å². The molecule has 7 aromatic carbocycles. The maximum Gasteiger partial charge on any atom is 0.121 e. The van der Waals surface area contributed by atoms with Crippen LogP contribution in [0.1, 0.15) is 60.3 Å². The number of hydrogen-bond donors (Lipinski definition) is 0. The standard InChI is InChI=1S/C43H33N2OS.C12H10N.Ir/c1-25(2)32-21-28(27-13-6-5-7-14-27)22-33(26(3)4)41(32)45-37-19-10-9-18-36(37)44-43(45)31-17-12-16-30-34-24-40-35(23-38(34)46-42(30)31)29-15-8-11-20-39(29)47-40;1-10-7-8-12(13-9-10)11-5-3-2-4-6-11;/h5-16,18-26H,1-4H3;2-5,7-9H,1H3;/q2*-1;/i;1D3;. The van der Waals surface area contributed by atoms with Crippen LogP contribution in [0.3, 0.4) is 0 Å². The SMILES string of the molecule is CC(C)c1cc(-c2ccccc2)cc(C(C)C)c1-n1c(-c2[c-]ccc3c2oc2cc4c(cc23)sc2ccccc24)nc2ccccc21.[2H]C([2H])([2H])c1ccc(-c2[c-]cccc2)nc1.[Ir]. The Kier molecular flexibility index (Phi) is 10.0. The van der Waals surface area contributed by atoms with Crippen LogP contribution in [0.2, 0.25) is 0 Å². The molecule has 1 radical (unpaired) electrons. The van der Waals surface area contributed by atoms with Crippen LogP contribution in [0.25, 0.3) is 92.6 Å². The maximum atomic E-state index is 7.23. The smallest absolute Gasteiger partial charge is 0.121 e. The van der Waals surface area contributed by atoms with Gasteiger partial charge >= 0.3 is 0 Å². The Bertz CT molecular complexity index is 3410. The Hall–Kier alpha value is -6.17. The molecule has 0 amide bonds. The minimum absolute atomic E-state index is 0. The normalized spacial score (nSPS) is 12.5. The molecule has 61 heavy (non-hydrogen) atoms. The molecular weight excluding hydrogens is 943 g/mol. The maximum absolute atomic E-state index is 7.23. The van der Waals surface area contributed by atoms with E-state index in [0.717, 1.165) is 55.6 Å². The summed E-state index contributed by atoms with van der Waals surface area (Å²) in [5.41, 5.74) is 12.7. The van der Waals surface area contributed by atoms with Gasteiger partial charge in [0.05, 0.1) is 22.4 Å². The Balaban J connectivity index is 0.000000258. The number of aryl methyl sites for hydroxylation is 1. The van der Waals surface area contributed by atoms with Gasteiger partial charge in [-0.3, -0.25) is 4.98 Å². The van der Waals surface area contributed by atoms with Crippen LogP contribution < -0.4 is 0 Å². The summed E-state index contributed by atoms with van der Waals surface area (Å²) in [6, 6.07) is 58.6. The Morgan fingerprint density at radius 1 is 0.656 bits per heavy atom. The number of pyridine rings is 1. The number of fused-ring (bicyclic) bond motifs is 7. The monoisotopic (exact) mass is 989 g/mol. The third-order valence-electron chi connectivity index (χ3n) is 11.2. The number of para-hydroxylation sites is 2. The number of hydrogen-bond acceptors (Lipinski definition) is 4. The van der Waals surface area contributed by atoms with Crippen molar-refractivity contribution in [2.75, 3.05) is 0 Å².